The summed E-state index contributed by atoms with van der Waals surface area (Å²) in [5.74, 6) is -0.178. The first-order chi connectivity index (χ1) is 13.5. The van der Waals surface area contributed by atoms with Crippen LogP contribution in [0, 0.1) is 0 Å². The molecule has 6 nitrogen and oxygen atoms in total. The van der Waals surface area contributed by atoms with E-state index in [0.717, 1.165) is 30.4 Å². The first-order valence-electron chi connectivity index (χ1n) is 9.46. The van der Waals surface area contributed by atoms with Crippen molar-refractivity contribution in [3.8, 4) is 0 Å². The fraction of sp³-hybridized carbons (Fsp3) is 0.381. The standard InChI is InChI=1S/C21H26N2O4S/c1-27-16-18-6-5-7-19(14-18)21(24)22-15-17-8-10-20(11-9-17)28(25,26)23-12-3-2-4-13-23/h5-11,14H,2-4,12-13,15-16H2,1H3,(H,22,24). The number of amides is 1. The van der Waals surface area contributed by atoms with Gasteiger partial charge in [-0.15, -0.1) is 0 Å². The van der Waals surface area contributed by atoms with Gasteiger partial charge in [0.2, 0.25) is 10.0 Å². The van der Waals surface area contributed by atoms with Gasteiger partial charge in [0.05, 0.1) is 11.5 Å². The lowest BCUT2D eigenvalue weighted by molar-refractivity contribution is 0.0950. The molecule has 0 aliphatic carbocycles. The summed E-state index contributed by atoms with van der Waals surface area (Å²) in [6.07, 6.45) is 2.91. The zero-order valence-electron chi connectivity index (χ0n) is 16.1. The fourth-order valence-electron chi connectivity index (χ4n) is 3.29. The summed E-state index contributed by atoms with van der Waals surface area (Å²) in [4.78, 5) is 12.7. The number of sulfonamides is 1. The monoisotopic (exact) mass is 402 g/mol. The Balaban J connectivity index is 1.61. The quantitative estimate of drug-likeness (QED) is 0.773. The first-order valence-corrected chi connectivity index (χ1v) is 10.9. The van der Waals surface area contributed by atoms with Crippen LogP contribution >= 0.6 is 0 Å². The van der Waals surface area contributed by atoms with E-state index in [1.807, 2.05) is 12.1 Å². The minimum atomic E-state index is -3.43. The third-order valence-corrected chi connectivity index (χ3v) is 6.74. The van der Waals surface area contributed by atoms with Gasteiger partial charge in [-0.25, -0.2) is 8.42 Å². The van der Waals surface area contributed by atoms with Crippen LogP contribution in [0.3, 0.4) is 0 Å². The van der Waals surface area contributed by atoms with E-state index >= 15 is 0 Å². The molecule has 7 heteroatoms. The summed E-state index contributed by atoms with van der Waals surface area (Å²) >= 11 is 0. The first kappa shape index (κ1) is 20.5. The van der Waals surface area contributed by atoms with Crippen molar-refractivity contribution in [2.45, 2.75) is 37.3 Å². The van der Waals surface area contributed by atoms with Crippen LogP contribution in [0.25, 0.3) is 0 Å². The highest BCUT2D eigenvalue weighted by atomic mass is 32.2. The van der Waals surface area contributed by atoms with Crippen molar-refractivity contribution in [1.29, 1.82) is 0 Å². The number of carbonyl (C=O) groups excluding carboxylic acids is 1. The predicted octanol–water partition coefficient (Wildman–Crippen LogP) is 2.94. The van der Waals surface area contributed by atoms with Gasteiger partial charge in [-0.2, -0.15) is 4.31 Å². The van der Waals surface area contributed by atoms with Gasteiger partial charge >= 0.3 is 0 Å². The van der Waals surface area contributed by atoms with E-state index in [0.29, 0.717) is 36.7 Å². The Hall–Kier alpha value is -2.22. The molecule has 1 saturated heterocycles. The summed E-state index contributed by atoms with van der Waals surface area (Å²) in [6, 6.07) is 14.0. The highest BCUT2D eigenvalue weighted by Gasteiger charge is 2.25. The second kappa shape index (κ2) is 9.32. The molecular weight excluding hydrogens is 376 g/mol. The van der Waals surface area contributed by atoms with Gasteiger partial charge in [0, 0.05) is 32.3 Å². The Kier molecular flexibility index (Phi) is 6.83. The Morgan fingerprint density at radius 1 is 1.04 bits per heavy atom. The number of hydrogen-bond acceptors (Lipinski definition) is 4. The van der Waals surface area contributed by atoms with Crippen molar-refractivity contribution >= 4 is 15.9 Å². The summed E-state index contributed by atoms with van der Waals surface area (Å²) < 4.78 is 32.0. The van der Waals surface area contributed by atoms with E-state index in [4.69, 9.17) is 4.74 Å². The lowest BCUT2D eigenvalue weighted by Gasteiger charge is -2.25. The number of nitrogens with one attached hydrogen (secondary N) is 1. The van der Waals surface area contributed by atoms with Crippen LogP contribution in [0.5, 0.6) is 0 Å². The maximum absolute atomic E-state index is 12.7. The molecule has 0 radical (unpaired) electrons. The van der Waals surface area contributed by atoms with Gasteiger partial charge in [-0.05, 0) is 48.2 Å². The number of piperidine rings is 1. The number of rotatable bonds is 7. The van der Waals surface area contributed by atoms with Gasteiger partial charge in [0.15, 0.2) is 0 Å². The third-order valence-electron chi connectivity index (χ3n) is 4.83. The van der Waals surface area contributed by atoms with E-state index < -0.39 is 10.0 Å². The molecule has 0 unspecified atom stereocenters. The highest BCUT2D eigenvalue weighted by Crippen LogP contribution is 2.20. The SMILES string of the molecule is COCc1cccc(C(=O)NCc2ccc(S(=O)(=O)N3CCCCC3)cc2)c1. The average Bonchev–Trinajstić information content (AvgIpc) is 2.73. The molecule has 2 aromatic rings. The molecule has 0 bridgehead atoms. The number of hydrogen-bond donors (Lipinski definition) is 1. The summed E-state index contributed by atoms with van der Waals surface area (Å²) in [5.41, 5.74) is 2.35. The molecular formula is C21H26N2O4S. The highest BCUT2D eigenvalue weighted by molar-refractivity contribution is 7.89. The molecule has 0 saturated carbocycles. The van der Waals surface area contributed by atoms with Crippen LogP contribution in [-0.4, -0.2) is 38.8 Å². The van der Waals surface area contributed by atoms with Crippen molar-refractivity contribution in [2.75, 3.05) is 20.2 Å². The zero-order chi connectivity index (χ0) is 20.0. The average molecular weight is 403 g/mol. The predicted molar refractivity (Wildman–Crippen MR) is 107 cm³/mol. The molecule has 1 fully saturated rings. The molecule has 1 aliphatic rings. The maximum Gasteiger partial charge on any atom is 0.251 e. The van der Waals surface area contributed by atoms with Crippen molar-refractivity contribution < 1.29 is 17.9 Å². The van der Waals surface area contributed by atoms with E-state index in [-0.39, 0.29) is 5.91 Å². The largest absolute Gasteiger partial charge is 0.380 e. The minimum Gasteiger partial charge on any atom is -0.380 e. The Labute approximate surface area is 166 Å². The second-order valence-electron chi connectivity index (χ2n) is 6.92. The van der Waals surface area contributed by atoms with E-state index in [9.17, 15) is 13.2 Å². The maximum atomic E-state index is 12.7. The Morgan fingerprint density at radius 2 is 1.75 bits per heavy atom. The lowest BCUT2D eigenvalue weighted by Crippen LogP contribution is -2.35. The van der Waals surface area contributed by atoms with Crippen LogP contribution in [0.2, 0.25) is 0 Å². The van der Waals surface area contributed by atoms with Crippen LogP contribution < -0.4 is 5.32 Å². The molecule has 1 amide bonds. The lowest BCUT2D eigenvalue weighted by atomic mass is 10.1. The summed E-state index contributed by atoms with van der Waals surface area (Å²) in [6.45, 7) is 1.95. The van der Waals surface area contributed by atoms with Gasteiger partial charge in [-0.1, -0.05) is 30.7 Å². The van der Waals surface area contributed by atoms with Crippen LogP contribution in [0.4, 0.5) is 0 Å². The van der Waals surface area contributed by atoms with Crippen molar-refractivity contribution in [3.63, 3.8) is 0 Å². The van der Waals surface area contributed by atoms with Gasteiger partial charge in [0.1, 0.15) is 0 Å². The number of ether oxygens (including phenoxy) is 1. The van der Waals surface area contributed by atoms with Crippen LogP contribution in [0.1, 0.15) is 40.7 Å². The van der Waals surface area contributed by atoms with Gasteiger partial charge in [0.25, 0.3) is 5.91 Å². The number of nitrogens with zero attached hydrogens (tertiary/aromatic N) is 1. The number of carbonyl (C=O) groups is 1. The van der Waals surface area contributed by atoms with Crippen LogP contribution in [-0.2, 0) is 27.9 Å². The normalized spacial score (nSPS) is 15.3. The zero-order valence-corrected chi connectivity index (χ0v) is 16.9. The van der Waals surface area contributed by atoms with Crippen LogP contribution in [0.15, 0.2) is 53.4 Å². The molecule has 0 aromatic heterocycles. The molecule has 2 aromatic carbocycles. The molecule has 1 aliphatic heterocycles. The molecule has 0 spiro atoms. The third kappa shape index (κ3) is 4.98. The van der Waals surface area contributed by atoms with Crippen molar-refractivity contribution in [2.24, 2.45) is 0 Å². The second-order valence-corrected chi connectivity index (χ2v) is 8.86. The Morgan fingerprint density at radius 3 is 2.43 bits per heavy atom. The topological polar surface area (TPSA) is 75.7 Å². The summed E-state index contributed by atoms with van der Waals surface area (Å²) in [7, 11) is -1.82. The van der Waals surface area contributed by atoms with E-state index in [1.54, 1.807) is 47.8 Å². The molecule has 1 heterocycles. The van der Waals surface area contributed by atoms with Crippen molar-refractivity contribution in [1.82, 2.24) is 9.62 Å². The van der Waals surface area contributed by atoms with E-state index in [2.05, 4.69) is 5.32 Å². The fourth-order valence-corrected chi connectivity index (χ4v) is 4.80. The summed E-state index contributed by atoms with van der Waals surface area (Å²) in [5, 5.41) is 2.87. The smallest absolute Gasteiger partial charge is 0.251 e. The number of benzene rings is 2. The molecule has 28 heavy (non-hydrogen) atoms. The van der Waals surface area contributed by atoms with Gasteiger partial charge in [-0.3, -0.25) is 4.79 Å². The van der Waals surface area contributed by atoms with Crippen molar-refractivity contribution in [3.05, 3.63) is 65.2 Å². The molecule has 0 atom stereocenters. The molecule has 1 N–H and O–H groups in total. The van der Waals surface area contributed by atoms with Gasteiger partial charge < -0.3 is 10.1 Å². The molecule has 150 valence electrons. The molecule has 3 rings (SSSR count). The van der Waals surface area contributed by atoms with E-state index in [1.165, 1.54) is 0 Å². The Bertz CT molecular complexity index is 904. The number of methoxy groups -OCH3 is 1. The minimum absolute atomic E-state index is 0.178.